The molecule has 0 bridgehead atoms. The first-order valence-electron chi connectivity index (χ1n) is 5.67. The molecule has 0 spiro atoms. The van der Waals surface area contributed by atoms with Gasteiger partial charge >= 0.3 is 0 Å². The molecule has 0 amide bonds. The summed E-state index contributed by atoms with van der Waals surface area (Å²) in [5, 5.41) is 0. The Labute approximate surface area is 96.9 Å². The van der Waals surface area contributed by atoms with Gasteiger partial charge in [0.25, 0.3) is 10.0 Å². The highest BCUT2D eigenvalue weighted by molar-refractivity contribution is 7.89. The van der Waals surface area contributed by atoms with Gasteiger partial charge in [-0.1, -0.05) is 31.0 Å². The third-order valence-electron chi connectivity index (χ3n) is 2.77. The first-order chi connectivity index (χ1) is 7.68. The van der Waals surface area contributed by atoms with Crippen LogP contribution in [-0.4, -0.2) is 15.0 Å². The molecular weight excluding hydrogens is 222 g/mol. The van der Waals surface area contributed by atoms with Crippen LogP contribution >= 0.6 is 0 Å². The fraction of sp³-hybridized carbons (Fsp3) is 0.500. The number of sulfonamides is 1. The molecule has 3 nitrogen and oxygen atoms in total. The Hall–Kier alpha value is -0.870. The molecule has 16 heavy (non-hydrogen) atoms. The zero-order valence-electron chi connectivity index (χ0n) is 9.17. The van der Waals surface area contributed by atoms with Crippen LogP contribution in [0.15, 0.2) is 35.2 Å². The predicted molar refractivity (Wildman–Crippen MR) is 62.6 cm³/mol. The van der Waals surface area contributed by atoms with Gasteiger partial charge < -0.3 is 0 Å². The van der Waals surface area contributed by atoms with Crippen LogP contribution in [0.5, 0.6) is 0 Å². The van der Waals surface area contributed by atoms with Crippen LogP contribution in [0, 0.1) is 5.92 Å². The Morgan fingerprint density at radius 3 is 2.50 bits per heavy atom. The fourth-order valence-electron chi connectivity index (χ4n) is 1.64. The standard InChI is InChI=1S/C12H16NO2S/c14-16(15,12-6-2-1-3-7-12)13-10-4-5-11-8-9-11/h1-3,6-7,11H,4-5,8-10H2. The second-order valence-electron chi connectivity index (χ2n) is 4.23. The van der Waals surface area contributed by atoms with Crippen molar-refractivity contribution in [1.82, 2.24) is 4.72 Å². The van der Waals surface area contributed by atoms with Crippen molar-refractivity contribution in [2.75, 3.05) is 6.54 Å². The number of nitrogens with zero attached hydrogens (tertiary/aromatic N) is 1. The van der Waals surface area contributed by atoms with Crippen LogP contribution in [-0.2, 0) is 10.0 Å². The monoisotopic (exact) mass is 238 g/mol. The quantitative estimate of drug-likeness (QED) is 0.713. The average Bonchev–Trinajstić information content (AvgIpc) is 3.10. The van der Waals surface area contributed by atoms with Gasteiger partial charge in [0.05, 0.1) is 4.90 Å². The highest BCUT2D eigenvalue weighted by atomic mass is 32.2. The summed E-state index contributed by atoms with van der Waals surface area (Å²) >= 11 is 0. The van der Waals surface area contributed by atoms with E-state index in [4.69, 9.17) is 0 Å². The molecular formula is C12H16NO2S. The van der Waals surface area contributed by atoms with Gasteiger partial charge in [0, 0.05) is 6.54 Å². The molecule has 0 unspecified atom stereocenters. The maximum Gasteiger partial charge on any atom is 0.256 e. The van der Waals surface area contributed by atoms with Gasteiger partial charge in [0.15, 0.2) is 0 Å². The summed E-state index contributed by atoms with van der Waals surface area (Å²) in [6, 6.07) is 8.39. The van der Waals surface area contributed by atoms with Crippen LogP contribution in [0.25, 0.3) is 0 Å². The minimum atomic E-state index is -3.41. The molecule has 1 fully saturated rings. The van der Waals surface area contributed by atoms with Gasteiger partial charge in [-0.2, -0.15) is 0 Å². The minimum Gasteiger partial charge on any atom is -0.206 e. The Kier molecular flexibility index (Phi) is 3.61. The van der Waals surface area contributed by atoms with E-state index in [1.54, 1.807) is 30.3 Å². The molecule has 1 aliphatic carbocycles. The van der Waals surface area contributed by atoms with E-state index in [0.717, 1.165) is 18.8 Å². The fourth-order valence-corrected chi connectivity index (χ4v) is 2.66. The lowest BCUT2D eigenvalue weighted by molar-refractivity contribution is 0.570. The number of benzene rings is 1. The van der Waals surface area contributed by atoms with Gasteiger partial charge in [0.2, 0.25) is 0 Å². The summed E-state index contributed by atoms with van der Waals surface area (Å²) in [5.74, 6) is 0.842. The van der Waals surface area contributed by atoms with Gasteiger partial charge in [-0.15, -0.1) is 4.72 Å². The van der Waals surface area contributed by atoms with Crippen molar-refractivity contribution in [3.8, 4) is 0 Å². The van der Waals surface area contributed by atoms with E-state index in [2.05, 4.69) is 4.72 Å². The molecule has 0 aliphatic heterocycles. The van der Waals surface area contributed by atoms with Crippen molar-refractivity contribution in [3.05, 3.63) is 30.3 Å². The molecule has 1 saturated carbocycles. The largest absolute Gasteiger partial charge is 0.256 e. The lowest BCUT2D eigenvalue weighted by atomic mass is 10.2. The SMILES string of the molecule is O=S(=O)([N]CCCC1CC1)c1ccccc1. The molecule has 0 heterocycles. The van der Waals surface area contributed by atoms with Crippen LogP contribution in [0.3, 0.4) is 0 Å². The predicted octanol–water partition coefficient (Wildman–Crippen LogP) is 2.17. The zero-order valence-corrected chi connectivity index (χ0v) is 9.99. The average molecular weight is 238 g/mol. The van der Waals surface area contributed by atoms with E-state index in [9.17, 15) is 8.42 Å². The van der Waals surface area contributed by atoms with Crippen LogP contribution < -0.4 is 4.72 Å². The Morgan fingerprint density at radius 2 is 1.88 bits per heavy atom. The number of hydrogen-bond donors (Lipinski definition) is 0. The molecule has 0 aromatic heterocycles. The second kappa shape index (κ2) is 4.97. The third-order valence-corrected chi connectivity index (χ3v) is 4.16. The van der Waals surface area contributed by atoms with Gasteiger partial charge in [0.1, 0.15) is 0 Å². The molecule has 0 saturated heterocycles. The molecule has 2 rings (SSSR count). The lowest BCUT2D eigenvalue weighted by Gasteiger charge is -2.03. The molecule has 0 N–H and O–H groups in total. The van der Waals surface area contributed by atoms with E-state index < -0.39 is 10.0 Å². The summed E-state index contributed by atoms with van der Waals surface area (Å²) in [6.07, 6.45) is 4.63. The maximum atomic E-state index is 11.7. The first kappa shape index (κ1) is 11.6. The summed E-state index contributed by atoms with van der Waals surface area (Å²) in [7, 11) is -3.41. The highest BCUT2D eigenvalue weighted by Gasteiger charge is 2.21. The highest BCUT2D eigenvalue weighted by Crippen LogP contribution is 2.33. The molecule has 1 aromatic carbocycles. The van der Waals surface area contributed by atoms with Crippen molar-refractivity contribution in [3.63, 3.8) is 0 Å². The molecule has 4 heteroatoms. The van der Waals surface area contributed by atoms with E-state index in [1.165, 1.54) is 12.8 Å². The number of hydrogen-bond acceptors (Lipinski definition) is 2. The van der Waals surface area contributed by atoms with Crippen LogP contribution in [0.4, 0.5) is 0 Å². The van der Waals surface area contributed by atoms with Gasteiger partial charge in [-0.3, -0.25) is 0 Å². The van der Waals surface area contributed by atoms with Gasteiger partial charge in [-0.05, 0) is 30.9 Å². The van der Waals surface area contributed by atoms with Gasteiger partial charge in [-0.25, -0.2) is 8.42 Å². The summed E-state index contributed by atoms with van der Waals surface area (Å²) in [4.78, 5) is 0.293. The maximum absolute atomic E-state index is 11.7. The van der Waals surface area contributed by atoms with E-state index >= 15 is 0 Å². The Morgan fingerprint density at radius 1 is 1.19 bits per heavy atom. The molecule has 0 atom stereocenters. The lowest BCUT2D eigenvalue weighted by Crippen LogP contribution is -2.17. The second-order valence-corrected chi connectivity index (χ2v) is 5.91. The van der Waals surface area contributed by atoms with Crippen LogP contribution in [0.2, 0.25) is 0 Å². The minimum absolute atomic E-state index is 0.293. The van der Waals surface area contributed by atoms with E-state index in [-0.39, 0.29) is 0 Å². The van der Waals surface area contributed by atoms with Crippen molar-refractivity contribution in [2.45, 2.75) is 30.6 Å². The van der Waals surface area contributed by atoms with Crippen molar-refractivity contribution in [2.24, 2.45) is 5.92 Å². The smallest absolute Gasteiger partial charge is 0.206 e. The number of rotatable bonds is 6. The topological polar surface area (TPSA) is 48.2 Å². The summed E-state index contributed by atoms with van der Waals surface area (Å²) < 4.78 is 27.2. The van der Waals surface area contributed by atoms with Crippen molar-refractivity contribution >= 4 is 10.0 Å². The zero-order chi connectivity index (χ0) is 11.4. The van der Waals surface area contributed by atoms with Crippen molar-refractivity contribution in [1.29, 1.82) is 0 Å². The molecule has 1 radical (unpaired) electrons. The Balaban J connectivity index is 1.82. The Bertz CT molecular complexity index is 424. The normalized spacial score (nSPS) is 16.2. The summed E-state index contributed by atoms with van der Waals surface area (Å²) in [6.45, 7) is 0.424. The molecule has 1 aromatic rings. The summed E-state index contributed by atoms with van der Waals surface area (Å²) in [5.41, 5.74) is 0. The molecule has 1 aliphatic rings. The van der Waals surface area contributed by atoms with Crippen molar-refractivity contribution < 1.29 is 8.42 Å². The van der Waals surface area contributed by atoms with E-state index in [1.807, 2.05) is 0 Å². The molecule has 87 valence electrons. The third kappa shape index (κ3) is 3.32. The van der Waals surface area contributed by atoms with E-state index in [0.29, 0.717) is 11.4 Å². The van der Waals surface area contributed by atoms with Crippen LogP contribution in [0.1, 0.15) is 25.7 Å². The first-order valence-corrected chi connectivity index (χ1v) is 7.11.